The van der Waals surface area contributed by atoms with Gasteiger partial charge in [-0.05, 0) is 62.4 Å². The van der Waals surface area contributed by atoms with E-state index in [1.54, 1.807) is 0 Å². The fourth-order valence-corrected chi connectivity index (χ4v) is 2.88. The van der Waals surface area contributed by atoms with Crippen LogP contribution in [0.1, 0.15) is 37.8 Å². The van der Waals surface area contributed by atoms with Gasteiger partial charge in [-0.25, -0.2) is 0 Å². The highest BCUT2D eigenvalue weighted by atomic mass is 15.2. The van der Waals surface area contributed by atoms with E-state index < -0.39 is 0 Å². The molecule has 1 N–H and O–H groups in total. The first-order valence-electron chi connectivity index (χ1n) is 7.62. The minimum Gasteiger partial charge on any atom is -0.370 e. The Morgan fingerprint density at radius 3 is 2.74 bits per heavy atom. The van der Waals surface area contributed by atoms with Gasteiger partial charge in [-0.1, -0.05) is 19.9 Å². The maximum atomic E-state index is 3.70. The van der Waals surface area contributed by atoms with Gasteiger partial charge in [0.05, 0.1) is 0 Å². The minimum absolute atomic E-state index is 0.629. The number of hydrogen-bond acceptors (Lipinski definition) is 2. The van der Waals surface area contributed by atoms with Gasteiger partial charge in [-0.15, -0.1) is 0 Å². The zero-order valence-electron chi connectivity index (χ0n) is 12.9. The van der Waals surface area contributed by atoms with Crippen LogP contribution in [0.25, 0.3) is 0 Å². The zero-order valence-corrected chi connectivity index (χ0v) is 12.9. The minimum atomic E-state index is 0.629. The van der Waals surface area contributed by atoms with E-state index in [2.05, 4.69) is 56.1 Å². The van der Waals surface area contributed by atoms with E-state index in [0.717, 1.165) is 19.0 Å². The number of benzene rings is 1. The molecule has 1 unspecified atom stereocenters. The average Bonchev–Trinajstić information content (AvgIpc) is 2.57. The molecule has 2 heteroatoms. The molecule has 0 saturated carbocycles. The van der Waals surface area contributed by atoms with Crippen molar-refractivity contribution in [3.05, 3.63) is 29.3 Å². The van der Waals surface area contributed by atoms with E-state index in [1.165, 1.54) is 36.2 Å². The molecule has 0 aromatic heterocycles. The Bertz CT molecular complexity index is 412. The van der Waals surface area contributed by atoms with Crippen LogP contribution in [0.2, 0.25) is 0 Å². The smallest absolute Gasteiger partial charge is 0.0369 e. The molecule has 1 aromatic rings. The van der Waals surface area contributed by atoms with Crippen LogP contribution in [0.4, 0.5) is 5.69 Å². The van der Waals surface area contributed by atoms with Gasteiger partial charge >= 0.3 is 0 Å². The standard InChI is InChI=1S/C17H28N2/c1-13(2)10-16-12-19(9-5-8-18-16)17-7-6-14(3)15(4)11-17/h6-7,11,13,16,18H,5,8-10,12H2,1-4H3. The molecule has 1 atom stereocenters. The van der Waals surface area contributed by atoms with Crippen molar-refractivity contribution in [2.24, 2.45) is 5.92 Å². The van der Waals surface area contributed by atoms with Gasteiger partial charge in [0.25, 0.3) is 0 Å². The quantitative estimate of drug-likeness (QED) is 0.894. The van der Waals surface area contributed by atoms with E-state index in [0.29, 0.717) is 6.04 Å². The average molecular weight is 260 g/mol. The molecule has 1 aliphatic rings. The van der Waals surface area contributed by atoms with Crippen molar-refractivity contribution in [1.29, 1.82) is 0 Å². The highest BCUT2D eigenvalue weighted by Gasteiger charge is 2.18. The third-order valence-electron chi connectivity index (χ3n) is 4.09. The van der Waals surface area contributed by atoms with Crippen molar-refractivity contribution in [1.82, 2.24) is 5.32 Å². The molecule has 0 aliphatic carbocycles. The monoisotopic (exact) mass is 260 g/mol. The van der Waals surface area contributed by atoms with E-state index in [4.69, 9.17) is 0 Å². The van der Waals surface area contributed by atoms with Gasteiger partial charge < -0.3 is 10.2 Å². The summed E-state index contributed by atoms with van der Waals surface area (Å²) in [6.45, 7) is 12.5. The van der Waals surface area contributed by atoms with E-state index in [-0.39, 0.29) is 0 Å². The molecular formula is C17H28N2. The maximum Gasteiger partial charge on any atom is 0.0369 e. The van der Waals surface area contributed by atoms with Crippen molar-refractivity contribution in [3.63, 3.8) is 0 Å². The van der Waals surface area contributed by atoms with Crippen LogP contribution in [0.3, 0.4) is 0 Å². The molecule has 1 aliphatic heterocycles. The van der Waals surface area contributed by atoms with Gasteiger partial charge in [0.2, 0.25) is 0 Å². The molecular weight excluding hydrogens is 232 g/mol. The molecule has 2 rings (SSSR count). The molecule has 106 valence electrons. The lowest BCUT2D eigenvalue weighted by molar-refractivity contribution is 0.436. The first-order chi connectivity index (χ1) is 9.06. The number of hydrogen-bond donors (Lipinski definition) is 1. The summed E-state index contributed by atoms with van der Waals surface area (Å²) in [4.78, 5) is 2.56. The van der Waals surface area contributed by atoms with Crippen LogP contribution >= 0.6 is 0 Å². The molecule has 1 saturated heterocycles. The van der Waals surface area contributed by atoms with Gasteiger partial charge in [0, 0.05) is 24.8 Å². The summed E-state index contributed by atoms with van der Waals surface area (Å²) in [5.41, 5.74) is 4.17. The van der Waals surface area contributed by atoms with Crippen LogP contribution in [0.15, 0.2) is 18.2 Å². The Kier molecular flexibility index (Phi) is 4.87. The molecule has 0 bridgehead atoms. The lowest BCUT2D eigenvalue weighted by atomic mass is 10.0. The normalized spacial score (nSPS) is 20.7. The van der Waals surface area contributed by atoms with E-state index in [1.807, 2.05) is 0 Å². The van der Waals surface area contributed by atoms with Crippen molar-refractivity contribution in [2.45, 2.75) is 46.6 Å². The summed E-state index contributed by atoms with van der Waals surface area (Å²) < 4.78 is 0. The van der Waals surface area contributed by atoms with Gasteiger partial charge in [0.15, 0.2) is 0 Å². The Balaban J connectivity index is 2.10. The molecule has 1 heterocycles. The first-order valence-corrected chi connectivity index (χ1v) is 7.62. The van der Waals surface area contributed by atoms with E-state index >= 15 is 0 Å². The molecule has 2 nitrogen and oxygen atoms in total. The Hall–Kier alpha value is -1.02. The van der Waals surface area contributed by atoms with Crippen molar-refractivity contribution in [3.8, 4) is 0 Å². The summed E-state index contributed by atoms with van der Waals surface area (Å²) in [7, 11) is 0. The van der Waals surface area contributed by atoms with Crippen LogP contribution in [0.5, 0.6) is 0 Å². The predicted molar refractivity (Wildman–Crippen MR) is 84.0 cm³/mol. The highest BCUT2D eigenvalue weighted by Crippen LogP contribution is 2.21. The van der Waals surface area contributed by atoms with Crippen molar-refractivity contribution in [2.75, 3.05) is 24.5 Å². The molecule has 0 spiro atoms. The Morgan fingerprint density at radius 2 is 2.05 bits per heavy atom. The van der Waals surface area contributed by atoms with Crippen molar-refractivity contribution < 1.29 is 0 Å². The van der Waals surface area contributed by atoms with Crippen molar-refractivity contribution >= 4 is 5.69 Å². The second-order valence-corrected chi connectivity index (χ2v) is 6.35. The molecule has 19 heavy (non-hydrogen) atoms. The fourth-order valence-electron chi connectivity index (χ4n) is 2.88. The SMILES string of the molecule is Cc1ccc(N2CCCNC(CC(C)C)C2)cc1C. The molecule has 1 aromatic carbocycles. The summed E-state index contributed by atoms with van der Waals surface area (Å²) >= 11 is 0. The maximum absolute atomic E-state index is 3.70. The van der Waals surface area contributed by atoms with Gasteiger partial charge in [0.1, 0.15) is 0 Å². The lowest BCUT2D eigenvalue weighted by Gasteiger charge is -2.28. The largest absolute Gasteiger partial charge is 0.370 e. The summed E-state index contributed by atoms with van der Waals surface area (Å²) in [6.07, 6.45) is 2.50. The van der Waals surface area contributed by atoms with Gasteiger partial charge in [-0.3, -0.25) is 0 Å². The molecule has 1 fully saturated rings. The second kappa shape index (κ2) is 6.42. The van der Waals surface area contributed by atoms with Crippen LogP contribution in [-0.2, 0) is 0 Å². The zero-order chi connectivity index (χ0) is 13.8. The van der Waals surface area contributed by atoms with E-state index in [9.17, 15) is 0 Å². The fraction of sp³-hybridized carbons (Fsp3) is 0.647. The number of aryl methyl sites for hydroxylation is 2. The summed E-state index contributed by atoms with van der Waals surface area (Å²) in [5.74, 6) is 0.761. The summed E-state index contributed by atoms with van der Waals surface area (Å²) in [5, 5.41) is 3.70. The molecule has 0 amide bonds. The molecule has 0 radical (unpaired) electrons. The second-order valence-electron chi connectivity index (χ2n) is 6.35. The number of nitrogens with zero attached hydrogens (tertiary/aromatic N) is 1. The number of anilines is 1. The third-order valence-corrected chi connectivity index (χ3v) is 4.09. The Labute approximate surface area is 118 Å². The third kappa shape index (κ3) is 3.97. The van der Waals surface area contributed by atoms with Crippen LogP contribution in [-0.4, -0.2) is 25.7 Å². The summed E-state index contributed by atoms with van der Waals surface area (Å²) in [6, 6.07) is 7.50. The topological polar surface area (TPSA) is 15.3 Å². The van der Waals surface area contributed by atoms with Gasteiger partial charge in [-0.2, -0.15) is 0 Å². The number of nitrogens with one attached hydrogen (secondary N) is 1. The Morgan fingerprint density at radius 1 is 1.26 bits per heavy atom. The first kappa shape index (κ1) is 14.4. The highest BCUT2D eigenvalue weighted by molar-refractivity contribution is 5.50. The van der Waals surface area contributed by atoms with Crippen LogP contribution in [0, 0.1) is 19.8 Å². The van der Waals surface area contributed by atoms with Crippen LogP contribution < -0.4 is 10.2 Å². The number of rotatable bonds is 3. The predicted octanol–water partition coefficient (Wildman–Crippen LogP) is 3.52. The lowest BCUT2D eigenvalue weighted by Crippen LogP contribution is -2.38.